The molecule has 0 saturated carbocycles. The minimum absolute atomic E-state index is 0.0642. The van der Waals surface area contributed by atoms with Crippen molar-refractivity contribution in [2.24, 2.45) is 0 Å². The van der Waals surface area contributed by atoms with Crippen molar-refractivity contribution in [2.45, 2.75) is 32.4 Å². The van der Waals surface area contributed by atoms with Gasteiger partial charge in [0.2, 0.25) is 0 Å². The smallest absolute Gasteiger partial charge is 0.258 e. The van der Waals surface area contributed by atoms with Crippen LogP contribution in [0.3, 0.4) is 0 Å². The van der Waals surface area contributed by atoms with Gasteiger partial charge < -0.3 is 9.80 Å². The quantitative estimate of drug-likeness (QED) is 0.295. The SMILES string of the molecule is Cc1ccc(C(=O)N(c2ccccc2)[C@H]2C[C@@H](C)N(C(=O)c3ccc(Cl)cc3)c3ccccc32)cc1. The van der Waals surface area contributed by atoms with E-state index in [1.807, 2.05) is 103 Å². The molecular weight excluding hydrogens is 468 g/mol. The van der Waals surface area contributed by atoms with Crippen molar-refractivity contribution in [3.63, 3.8) is 0 Å². The molecule has 2 amide bonds. The third-order valence-electron chi connectivity index (χ3n) is 6.73. The molecule has 0 spiro atoms. The van der Waals surface area contributed by atoms with Gasteiger partial charge in [0, 0.05) is 33.6 Å². The van der Waals surface area contributed by atoms with Crippen LogP contribution in [0.4, 0.5) is 11.4 Å². The fraction of sp³-hybridized carbons (Fsp3) is 0.161. The first-order valence-corrected chi connectivity index (χ1v) is 12.4. The Kier molecular flexibility index (Phi) is 6.62. The van der Waals surface area contributed by atoms with Crippen molar-refractivity contribution in [1.29, 1.82) is 0 Å². The van der Waals surface area contributed by atoms with Gasteiger partial charge in [0.15, 0.2) is 0 Å². The topological polar surface area (TPSA) is 40.6 Å². The fourth-order valence-corrected chi connectivity index (χ4v) is 5.06. The van der Waals surface area contributed by atoms with Gasteiger partial charge in [-0.05, 0) is 80.4 Å². The summed E-state index contributed by atoms with van der Waals surface area (Å²) in [5.74, 6) is -0.146. The van der Waals surface area contributed by atoms with E-state index in [-0.39, 0.29) is 23.9 Å². The van der Waals surface area contributed by atoms with Gasteiger partial charge in [0.25, 0.3) is 11.8 Å². The number of hydrogen-bond acceptors (Lipinski definition) is 2. The lowest BCUT2D eigenvalue weighted by molar-refractivity contribution is 0.0965. The maximum atomic E-state index is 14.0. The Morgan fingerprint density at radius 1 is 0.806 bits per heavy atom. The van der Waals surface area contributed by atoms with E-state index >= 15 is 0 Å². The summed E-state index contributed by atoms with van der Waals surface area (Å²) in [4.78, 5) is 31.3. The molecule has 5 heteroatoms. The molecule has 36 heavy (non-hydrogen) atoms. The number of rotatable bonds is 4. The van der Waals surface area contributed by atoms with E-state index in [9.17, 15) is 9.59 Å². The Labute approximate surface area is 216 Å². The van der Waals surface area contributed by atoms with Crippen LogP contribution in [0.5, 0.6) is 0 Å². The molecule has 1 aliphatic heterocycles. The van der Waals surface area contributed by atoms with E-state index in [4.69, 9.17) is 11.6 Å². The number of anilines is 2. The number of carbonyl (C=O) groups is 2. The summed E-state index contributed by atoms with van der Waals surface area (Å²) in [6, 6.07) is 31.9. The van der Waals surface area contributed by atoms with E-state index in [0.29, 0.717) is 22.6 Å². The highest BCUT2D eigenvalue weighted by Gasteiger charge is 2.39. The summed E-state index contributed by atoms with van der Waals surface area (Å²) in [5.41, 5.74) is 4.91. The first-order chi connectivity index (χ1) is 17.4. The molecule has 1 aliphatic rings. The second kappa shape index (κ2) is 10.00. The van der Waals surface area contributed by atoms with Crippen molar-refractivity contribution in [3.05, 3.63) is 130 Å². The predicted molar refractivity (Wildman–Crippen MR) is 146 cm³/mol. The summed E-state index contributed by atoms with van der Waals surface area (Å²) in [5, 5.41) is 0.590. The third-order valence-corrected chi connectivity index (χ3v) is 6.99. The number of carbonyl (C=O) groups excluding carboxylic acids is 2. The number of nitrogens with zero attached hydrogens (tertiary/aromatic N) is 2. The van der Waals surface area contributed by atoms with E-state index in [0.717, 1.165) is 22.5 Å². The highest BCUT2D eigenvalue weighted by atomic mass is 35.5. The zero-order valence-corrected chi connectivity index (χ0v) is 21.0. The molecule has 4 aromatic carbocycles. The molecule has 2 atom stereocenters. The Bertz CT molecular complexity index is 1380. The third kappa shape index (κ3) is 4.52. The molecule has 0 unspecified atom stereocenters. The van der Waals surface area contributed by atoms with E-state index < -0.39 is 0 Å². The van der Waals surface area contributed by atoms with E-state index in [2.05, 4.69) is 0 Å². The summed E-state index contributed by atoms with van der Waals surface area (Å²) >= 11 is 6.05. The van der Waals surface area contributed by atoms with Crippen molar-refractivity contribution >= 4 is 34.8 Å². The number of para-hydroxylation sites is 2. The van der Waals surface area contributed by atoms with Crippen molar-refractivity contribution < 1.29 is 9.59 Å². The van der Waals surface area contributed by atoms with Gasteiger partial charge in [-0.25, -0.2) is 0 Å². The van der Waals surface area contributed by atoms with Crippen LogP contribution in [0.15, 0.2) is 103 Å². The molecule has 0 fully saturated rings. The minimum atomic E-state index is -0.235. The minimum Gasteiger partial charge on any atom is -0.305 e. The first kappa shape index (κ1) is 23.8. The highest BCUT2D eigenvalue weighted by Crippen LogP contribution is 2.43. The van der Waals surface area contributed by atoms with Gasteiger partial charge in [-0.3, -0.25) is 9.59 Å². The van der Waals surface area contributed by atoms with Crippen molar-refractivity contribution in [1.82, 2.24) is 0 Å². The Morgan fingerprint density at radius 3 is 2.11 bits per heavy atom. The number of halogens is 1. The monoisotopic (exact) mass is 494 g/mol. The lowest BCUT2D eigenvalue weighted by Crippen LogP contribution is -2.47. The van der Waals surface area contributed by atoms with E-state index in [1.54, 1.807) is 24.3 Å². The van der Waals surface area contributed by atoms with Gasteiger partial charge in [0.1, 0.15) is 0 Å². The fourth-order valence-electron chi connectivity index (χ4n) is 4.93. The largest absolute Gasteiger partial charge is 0.305 e. The Hall–Kier alpha value is -3.89. The molecule has 0 saturated heterocycles. The van der Waals surface area contributed by atoms with Crippen LogP contribution in [-0.4, -0.2) is 17.9 Å². The molecule has 1 heterocycles. The van der Waals surface area contributed by atoms with Gasteiger partial charge in [0.05, 0.1) is 6.04 Å². The first-order valence-electron chi connectivity index (χ1n) is 12.1. The number of hydrogen-bond donors (Lipinski definition) is 0. The average molecular weight is 495 g/mol. The maximum absolute atomic E-state index is 14.0. The predicted octanol–water partition coefficient (Wildman–Crippen LogP) is 7.48. The van der Waals surface area contributed by atoms with Gasteiger partial charge in [-0.15, -0.1) is 0 Å². The molecule has 0 aromatic heterocycles. The number of benzene rings is 4. The molecule has 4 nitrogen and oxygen atoms in total. The molecule has 180 valence electrons. The van der Waals surface area contributed by atoms with Crippen LogP contribution >= 0.6 is 11.6 Å². The summed E-state index contributed by atoms with van der Waals surface area (Å²) in [6.07, 6.45) is 0.600. The van der Waals surface area contributed by atoms with Gasteiger partial charge in [-0.1, -0.05) is 65.7 Å². The lowest BCUT2D eigenvalue weighted by Gasteiger charge is -2.43. The second-order valence-corrected chi connectivity index (χ2v) is 9.65. The standard InChI is InChI=1S/C31H27ClN2O2/c1-21-12-14-23(15-13-21)31(36)34(26-8-4-3-5-9-26)29-20-22(2)33(28-11-7-6-10-27(28)29)30(35)24-16-18-25(32)19-17-24/h3-19,22,29H,20H2,1-2H3/t22-,29+/m1/s1. The van der Waals surface area contributed by atoms with Gasteiger partial charge in [-0.2, -0.15) is 0 Å². The molecule has 4 aromatic rings. The van der Waals surface area contributed by atoms with Crippen LogP contribution in [0.25, 0.3) is 0 Å². The van der Waals surface area contributed by atoms with Crippen LogP contribution in [0.1, 0.15) is 51.2 Å². The number of aryl methyl sites for hydroxylation is 1. The van der Waals surface area contributed by atoms with Crippen molar-refractivity contribution in [3.8, 4) is 0 Å². The second-order valence-electron chi connectivity index (χ2n) is 9.22. The average Bonchev–Trinajstić information content (AvgIpc) is 2.90. The highest BCUT2D eigenvalue weighted by molar-refractivity contribution is 6.30. The molecule has 0 aliphatic carbocycles. The molecule has 0 bridgehead atoms. The normalized spacial score (nSPS) is 16.8. The molecule has 5 rings (SSSR count). The van der Waals surface area contributed by atoms with E-state index in [1.165, 1.54) is 0 Å². The summed E-state index contributed by atoms with van der Waals surface area (Å²) in [6.45, 7) is 4.05. The van der Waals surface area contributed by atoms with Crippen molar-refractivity contribution in [2.75, 3.05) is 9.80 Å². The molecule has 0 radical (unpaired) electrons. The van der Waals surface area contributed by atoms with Crippen LogP contribution in [-0.2, 0) is 0 Å². The lowest BCUT2D eigenvalue weighted by atomic mass is 9.89. The maximum Gasteiger partial charge on any atom is 0.258 e. The number of amides is 2. The zero-order chi connectivity index (χ0) is 25.2. The zero-order valence-electron chi connectivity index (χ0n) is 20.3. The van der Waals surface area contributed by atoms with Crippen LogP contribution in [0, 0.1) is 6.92 Å². The molecule has 0 N–H and O–H groups in total. The van der Waals surface area contributed by atoms with Crippen LogP contribution in [0.2, 0.25) is 5.02 Å². The number of fused-ring (bicyclic) bond motifs is 1. The Morgan fingerprint density at radius 2 is 1.42 bits per heavy atom. The van der Waals surface area contributed by atoms with Gasteiger partial charge >= 0.3 is 0 Å². The summed E-state index contributed by atoms with van der Waals surface area (Å²) < 4.78 is 0. The Balaban J connectivity index is 1.60. The van der Waals surface area contributed by atoms with Crippen LogP contribution < -0.4 is 9.80 Å². The summed E-state index contributed by atoms with van der Waals surface area (Å²) in [7, 11) is 0. The molecular formula is C31H27ClN2O2.